The number of nitrogens with one attached hydrogen (secondary N) is 1. The Hall–Kier alpha value is -1.73. The number of fused-ring (bicyclic) bond motifs is 1. The Kier molecular flexibility index (Phi) is 7.55. The van der Waals surface area contributed by atoms with E-state index in [2.05, 4.69) is 43.8 Å². The van der Waals surface area contributed by atoms with Crippen LogP contribution in [0.5, 0.6) is 0 Å². The van der Waals surface area contributed by atoms with Crippen LogP contribution in [0, 0.1) is 5.92 Å². The third-order valence-electron chi connectivity index (χ3n) is 6.81. The summed E-state index contributed by atoms with van der Waals surface area (Å²) in [6, 6.07) is 0.539. The highest BCUT2D eigenvalue weighted by atomic mass is 16.5. The van der Waals surface area contributed by atoms with E-state index in [4.69, 9.17) is 4.74 Å². The van der Waals surface area contributed by atoms with Crippen LogP contribution in [-0.4, -0.2) is 50.3 Å². The summed E-state index contributed by atoms with van der Waals surface area (Å²) in [5, 5.41) is 2.29. The van der Waals surface area contributed by atoms with Crippen LogP contribution in [0.1, 0.15) is 84.1 Å². The van der Waals surface area contributed by atoms with Crippen LogP contribution in [0.25, 0.3) is 11.2 Å². The first-order chi connectivity index (χ1) is 14.8. The Balaban J connectivity index is 1.36. The molecule has 0 aromatic carbocycles. The molecule has 1 aliphatic carbocycles. The summed E-state index contributed by atoms with van der Waals surface area (Å²) in [6.07, 6.45) is 16.1. The van der Waals surface area contributed by atoms with Crippen LogP contribution in [0.2, 0.25) is 0 Å². The maximum absolute atomic E-state index is 6.25. The second kappa shape index (κ2) is 10.5. The Morgan fingerprint density at radius 3 is 2.60 bits per heavy atom. The summed E-state index contributed by atoms with van der Waals surface area (Å²) in [4.78, 5) is 13.7. The second-order valence-electron chi connectivity index (χ2n) is 8.97. The van der Waals surface area contributed by atoms with E-state index in [0.717, 1.165) is 55.9 Å². The summed E-state index contributed by atoms with van der Waals surface area (Å²) >= 11 is 0. The fourth-order valence-electron chi connectivity index (χ4n) is 5.03. The minimum atomic E-state index is 0.413. The molecule has 7 heteroatoms. The van der Waals surface area contributed by atoms with E-state index >= 15 is 0 Å². The van der Waals surface area contributed by atoms with Crippen molar-refractivity contribution in [2.45, 2.75) is 90.2 Å². The maximum Gasteiger partial charge on any atom is 0.172 e. The minimum Gasteiger partial charge on any atom is -0.378 e. The first-order valence-corrected chi connectivity index (χ1v) is 12.1. The first-order valence-electron chi connectivity index (χ1n) is 12.1. The Morgan fingerprint density at radius 2 is 1.87 bits per heavy atom. The van der Waals surface area contributed by atoms with Crippen molar-refractivity contribution in [1.82, 2.24) is 24.5 Å². The van der Waals surface area contributed by atoms with E-state index < -0.39 is 0 Å². The fourth-order valence-corrected chi connectivity index (χ4v) is 5.03. The Morgan fingerprint density at radius 1 is 1.07 bits per heavy atom. The highest BCUT2D eigenvalue weighted by Gasteiger charge is 2.27. The number of imidazole rings is 1. The Labute approximate surface area is 180 Å². The van der Waals surface area contributed by atoms with Crippen LogP contribution >= 0.6 is 0 Å². The lowest BCUT2D eigenvalue weighted by atomic mass is 9.89. The highest BCUT2D eigenvalue weighted by molar-refractivity contribution is 5.82. The van der Waals surface area contributed by atoms with Crippen molar-refractivity contribution >= 4 is 17.0 Å². The van der Waals surface area contributed by atoms with Crippen molar-refractivity contribution < 1.29 is 4.74 Å². The molecule has 3 heterocycles. The van der Waals surface area contributed by atoms with Crippen LogP contribution in [0.15, 0.2) is 12.7 Å². The topological polar surface area (TPSA) is 68.1 Å². The molecule has 0 radical (unpaired) electrons. The number of piperidine rings is 1. The van der Waals surface area contributed by atoms with Crippen LogP contribution in [-0.2, 0) is 4.74 Å². The molecule has 166 valence electrons. The smallest absolute Gasteiger partial charge is 0.172 e. The van der Waals surface area contributed by atoms with Crippen LogP contribution in [0.3, 0.4) is 0 Å². The fraction of sp³-hybridized carbons (Fsp3) is 0.783. The highest BCUT2D eigenvalue weighted by Crippen LogP contribution is 2.32. The van der Waals surface area contributed by atoms with E-state index in [1.54, 1.807) is 6.33 Å². The van der Waals surface area contributed by atoms with Crippen LogP contribution < -0.4 is 5.43 Å². The van der Waals surface area contributed by atoms with E-state index in [-0.39, 0.29) is 0 Å². The lowest BCUT2D eigenvalue weighted by Crippen LogP contribution is -2.41. The molecule has 2 aromatic heterocycles. The number of rotatable bonds is 10. The van der Waals surface area contributed by atoms with E-state index in [1.165, 1.54) is 44.9 Å². The van der Waals surface area contributed by atoms with Gasteiger partial charge < -0.3 is 14.7 Å². The van der Waals surface area contributed by atoms with Crippen molar-refractivity contribution in [2.75, 3.05) is 25.1 Å². The SMILES string of the molecule is CCCCOC(CCC)C1CCN(Nc2ncnc3c2ncn3C2CCCC2)CC1. The third-order valence-corrected chi connectivity index (χ3v) is 6.81. The van der Waals surface area contributed by atoms with Gasteiger partial charge in [-0.25, -0.2) is 20.0 Å². The molecule has 0 spiro atoms. The molecular formula is C23H38N6O. The largest absolute Gasteiger partial charge is 0.378 e. The first kappa shape index (κ1) is 21.5. The van der Waals surface area contributed by atoms with E-state index in [0.29, 0.717) is 18.1 Å². The second-order valence-corrected chi connectivity index (χ2v) is 8.97. The van der Waals surface area contributed by atoms with Crippen molar-refractivity contribution in [3.63, 3.8) is 0 Å². The van der Waals surface area contributed by atoms with Crippen LogP contribution in [0.4, 0.5) is 5.82 Å². The summed E-state index contributed by atoms with van der Waals surface area (Å²) in [6.45, 7) is 7.41. The molecule has 1 atom stereocenters. The van der Waals surface area contributed by atoms with Gasteiger partial charge in [0.05, 0.1) is 12.4 Å². The number of unbranched alkanes of at least 4 members (excludes halogenated alkanes) is 1. The summed E-state index contributed by atoms with van der Waals surface area (Å²) in [5.41, 5.74) is 5.38. The van der Waals surface area contributed by atoms with E-state index in [9.17, 15) is 0 Å². The molecule has 1 saturated heterocycles. The van der Waals surface area contributed by atoms with Crippen molar-refractivity contribution in [1.29, 1.82) is 0 Å². The summed E-state index contributed by atoms with van der Waals surface area (Å²) < 4.78 is 8.51. The van der Waals surface area contributed by atoms with Gasteiger partial charge in [0.2, 0.25) is 0 Å². The molecule has 7 nitrogen and oxygen atoms in total. The molecule has 2 aromatic rings. The molecule has 4 rings (SSSR count). The number of hydrogen-bond acceptors (Lipinski definition) is 6. The number of nitrogens with zero attached hydrogens (tertiary/aromatic N) is 5. The monoisotopic (exact) mass is 414 g/mol. The average Bonchev–Trinajstić information content (AvgIpc) is 3.44. The zero-order valence-corrected chi connectivity index (χ0v) is 18.7. The number of hydrazine groups is 1. The van der Waals surface area contributed by atoms with Gasteiger partial charge in [-0.3, -0.25) is 0 Å². The Bertz CT molecular complexity index is 779. The molecule has 2 fully saturated rings. The number of ether oxygens (including phenoxy) is 1. The van der Waals surface area contributed by atoms with E-state index in [1.807, 2.05) is 6.33 Å². The normalized spacial score (nSPS) is 20.2. The van der Waals surface area contributed by atoms with Crippen molar-refractivity contribution in [3.05, 3.63) is 12.7 Å². The lowest BCUT2D eigenvalue weighted by Gasteiger charge is -2.36. The molecule has 0 amide bonds. The molecule has 0 bridgehead atoms. The van der Waals surface area contributed by atoms with Crippen molar-refractivity contribution in [3.8, 4) is 0 Å². The molecule has 2 aliphatic rings. The molecular weight excluding hydrogens is 376 g/mol. The third kappa shape index (κ3) is 4.94. The van der Waals surface area contributed by atoms with Gasteiger partial charge >= 0.3 is 0 Å². The zero-order chi connectivity index (χ0) is 20.8. The standard InChI is InChI=1S/C23H38N6O/c1-3-5-15-30-20(8-4-2)18-11-13-28(14-12-18)27-22-21-23(25-16-24-22)29(17-26-21)19-9-6-7-10-19/h16-20H,3-15H2,1-2H3,(H,24,25,27). The maximum atomic E-state index is 6.25. The molecule has 1 unspecified atom stereocenters. The van der Waals surface area contributed by atoms with Gasteiger partial charge in [-0.1, -0.05) is 39.5 Å². The quantitative estimate of drug-likeness (QED) is 0.554. The zero-order valence-electron chi connectivity index (χ0n) is 18.7. The summed E-state index contributed by atoms with van der Waals surface area (Å²) in [5.74, 6) is 1.49. The van der Waals surface area contributed by atoms with Gasteiger partial charge in [0.1, 0.15) is 6.33 Å². The number of aromatic nitrogens is 4. The summed E-state index contributed by atoms with van der Waals surface area (Å²) in [7, 11) is 0. The molecule has 1 N–H and O–H groups in total. The molecule has 1 aliphatic heterocycles. The number of hydrogen-bond donors (Lipinski definition) is 1. The van der Waals surface area contributed by atoms with Gasteiger partial charge in [-0.2, -0.15) is 0 Å². The molecule has 30 heavy (non-hydrogen) atoms. The van der Waals surface area contributed by atoms with Gasteiger partial charge in [0.25, 0.3) is 0 Å². The van der Waals surface area contributed by atoms with Gasteiger partial charge in [0.15, 0.2) is 17.0 Å². The minimum absolute atomic E-state index is 0.413. The van der Waals surface area contributed by atoms with Gasteiger partial charge in [-0.15, -0.1) is 0 Å². The van der Waals surface area contributed by atoms with Gasteiger partial charge in [-0.05, 0) is 44.4 Å². The predicted molar refractivity (Wildman–Crippen MR) is 120 cm³/mol. The van der Waals surface area contributed by atoms with Crippen molar-refractivity contribution in [2.24, 2.45) is 5.92 Å². The average molecular weight is 415 g/mol. The number of anilines is 1. The molecule has 1 saturated carbocycles. The predicted octanol–water partition coefficient (Wildman–Crippen LogP) is 4.97. The lowest BCUT2D eigenvalue weighted by molar-refractivity contribution is -0.0135. The van der Waals surface area contributed by atoms with Gasteiger partial charge in [0, 0.05) is 25.7 Å².